The smallest absolute Gasteiger partial charge is 0.227 e. The highest BCUT2D eigenvalue weighted by atomic mass is 16.2. The van der Waals surface area contributed by atoms with Gasteiger partial charge in [0.05, 0.1) is 0 Å². The van der Waals surface area contributed by atoms with Gasteiger partial charge in [0.25, 0.3) is 0 Å². The van der Waals surface area contributed by atoms with Crippen LogP contribution in [0.3, 0.4) is 0 Å². The van der Waals surface area contributed by atoms with Crippen molar-refractivity contribution < 1.29 is 9.59 Å². The molecule has 0 unspecified atom stereocenters. The molecule has 0 saturated heterocycles. The van der Waals surface area contributed by atoms with E-state index >= 15 is 0 Å². The second-order valence-corrected chi connectivity index (χ2v) is 6.16. The van der Waals surface area contributed by atoms with Crippen molar-refractivity contribution in [3.8, 4) is 0 Å². The number of carbonyl (C=O) groups excluding carboxylic acids is 2. The number of amides is 2. The molecule has 0 aromatic heterocycles. The summed E-state index contributed by atoms with van der Waals surface area (Å²) in [5, 5.41) is 5.93. The van der Waals surface area contributed by atoms with Gasteiger partial charge in [-0.2, -0.15) is 0 Å². The van der Waals surface area contributed by atoms with Gasteiger partial charge in [0.2, 0.25) is 11.8 Å². The number of benzene rings is 1. The van der Waals surface area contributed by atoms with Gasteiger partial charge in [0, 0.05) is 24.1 Å². The normalized spacial score (nSPS) is 20.5. The number of rotatable bonds is 5. The number of hydrogen-bond donors (Lipinski definition) is 2. The summed E-state index contributed by atoms with van der Waals surface area (Å²) in [5.41, 5.74) is 1.82. The van der Waals surface area contributed by atoms with Crippen LogP contribution in [-0.4, -0.2) is 11.8 Å². The molecule has 0 aliphatic heterocycles. The Morgan fingerprint density at radius 3 is 2.64 bits per heavy atom. The SMILES string of the molecule is O=C(Nc1cccc(CNC(=O)[C@H]2CC=CCC2)c1)C1CC1. The first kappa shape index (κ1) is 14.8. The Labute approximate surface area is 131 Å². The zero-order chi connectivity index (χ0) is 15.4. The summed E-state index contributed by atoms with van der Waals surface area (Å²) >= 11 is 0. The number of hydrogen-bond acceptors (Lipinski definition) is 2. The monoisotopic (exact) mass is 298 g/mol. The predicted molar refractivity (Wildman–Crippen MR) is 86.1 cm³/mol. The van der Waals surface area contributed by atoms with Gasteiger partial charge < -0.3 is 10.6 Å². The molecule has 116 valence electrons. The Kier molecular flexibility index (Phi) is 4.56. The predicted octanol–water partition coefficient (Wildman–Crippen LogP) is 3.01. The minimum Gasteiger partial charge on any atom is -0.352 e. The van der Waals surface area contributed by atoms with Gasteiger partial charge in [-0.25, -0.2) is 0 Å². The van der Waals surface area contributed by atoms with Gasteiger partial charge in [-0.1, -0.05) is 24.3 Å². The quantitative estimate of drug-likeness (QED) is 0.821. The number of carbonyl (C=O) groups is 2. The van der Waals surface area contributed by atoms with Crippen molar-refractivity contribution in [3.05, 3.63) is 42.0 Å². The maximum Gasteiger partial charge on any atom is 0.227 e. The first-order valence-electron chi connectivity index (χ1n) is 8.05. The van der Waals surface area contributed by atoms with Crippen LogP contribution in [0.15, 0.2) is 36.4 Å². The van der Waals surface area contributed by atoms with Crippen molar-refractivity contribution in [3.63, 3.8) is 0 Å². The molecule has 1 aromatic rings. The molecule has 0 radical (unpaired) electrons. The average Bonchev–Trinajstić information content (AvgIpc) is 3.39. The van der Waals surface area contributed by atoms with Gasteiger partial charge >= 0.3 is 0 Å². The van der Waals surface area contributed by atoms with Crippen molar-refractivity contribution >= 4 is 17.5 Å². The van der Waals surface area contributed by atoms with E-state index in [2.05, 4.69) is 22.8 Å². The molecule has 4 heteroatoms. The fourth-order valence-corrected chi connectivity index (χ4v) is 2.71. The third-order valence-corrected chi connectivity index (χ3v) is 4.25. The lowest BCUT2D eigenvalue weighted by atomic mass is 9.93. The largest absolute Gasteiger partial charge is 0.352 e. The van der Waals surface area contributed by atoms with E-state index < -0.39 is 0 Å². The van der Waals surface area contributed by atoms with Crippen LogP contribution in [0, 0.1) is 11.8 Å². The summed E-state index contributed by atoms with van der Waals surface area (Å²) in [4.78, 5) is 23.9. The lowest BCUT2D eigenvalue weighted by Crippen LogP contribution is -2.30. The van der Waals surface area contributed by atoms with Gasteiger partial charge in [0.1, 0.15) is 0 Å². The molecule has 0 bridgehead atoms. The highest BCUT2D eigenvalue weighted by Gasteiger charge is 2.29. The van der Waals surface area contributed by atoms with E-state index in [0.29, 0.717) is 6.54 Å². The molecule has 3 rings (SSSR count). The van der Waals surface area contributed by atoms with E-state index in [-0.39, 0.29) is 23.7 Å². The summed E-state index contributed by atoms with van der Waals surface area (Å²) in [6.45, 7) is 0.506. The van der Waals surface area contributed by atoms with Crippen molar-refractivity contribution in [1.82, 2.24) is 5.32 Å². The molecule has 2 N–H and O–H groups in total. The molecular weight excluding hydrogens is 276 g/mol. The standard InChI is InChI=1S/C18H22N2O2/c21-17(14-6-2-1-3-7-14)19-12-13-5-4-8-16(11-13)20-18(22)15-9-10-15/h1-2,4-5,8,11,14-15H,3,6-7,9-10,12H2,(H,19,21)(H,20,22)/t14-/m0/s1. The molecule has 1 fully saturated rings. The molecule has 1 aromatic carbocycles. The molecule has 22 heavy (non-hydrogen) atoms. The average molecular weight is 298 g/mol. The third kappa shape index (κ3) is 3.97. The van der Waals surface area contributed by atoms with Gasteiger partial charge in [0.15, 0.2) is 0 Å². The summed E-state index contributed by atoms with van der Waals surface area (Å²) in [5.74, 6) is 0.525. The fourth-order valence-electron chi connectivity index (χ4n) is 2.71. The van der Waals surface area contributed by atoms with E-state index in [4.69, 9.17) is 0 Å². The van der Waals surface area contributed by atoms with Gasteiger partial charge in [-0.05, 0) is 49.8 Å². The Morgan fingerprint density at radius 1 is 1.05 bits per heavy atom. The van der Waals surface area contributed by atoms with Crippen LogP contribution in [0.2, 0.25) is 0 Å². The lowest BCUT2D eigenvalue weighted by Gasteiger charge is -2.17. The van der Waals surface area contributed by atoms with E-state index in [1.54, 1.807) is 0 Å². The first-order valence-corrected chi connectivity index (χ1v) is 8.05. The number of anilines is 1. The molecule has 0 spiro atoms. The Bertz CT molecular complexity index is 591. The minimum atomic E-state index is 0.0998. The number of nitrogens with one attached hydrogen (secondary N) is 2. The maximum atomic E-state index is 12.1. The Hall–Kier alpha value is -2.10. The van der Waals surface area contributed by atoms with Gasteiger partial charge in [-0.3, -0.25) is 9.59 Å². The molecule has 0 heterocycles. The van der Waals surface area contributed by atoms with E-state index in [9.17, 15) is 9.59 Å². The van der Waals surface area contributed by atoms with Crippen LogP contribution in [-0.2, 0) is 16.1 Å². The Morgan fingerprint density at radius 2 is 1.91 bits per heavy atom. The molecule has 2 aliphatic carbocycles. The van der Waals surface area contributed by atoms with E-state index in [1.165, 1.54) is 0 Å². The second kappa shape index (κ2) is 6.77. The summed E-state index contributed by atoms with van der Waals surface area (Å²) in [6, 6.07) is 7.69. The molecule has 1 atom stereocenters. The van der Waals surface area contributed by atoms with Crippen molar-refractivity contribution in [2.45, 2.75) is 38.6 Å². The van der Waals surface area contributed by atoms with Crippen LogP contribution in [0.1, 0.15) is 37.7 Å². The summed E-state index contributed by atoms with van der Waals surface area (Å²) < 4.78 is 0. The van der Waals surface area contributed by atoms with Crippen LogP contribution < -0.4 is 10.6 Å². The molecule has 1 saturated carbocycles. The van der Waals surface area contributed by atoms with Crippen LogP contribution in [0.4, 0.5) is 5.69 Å². The third-order valence-electron chi connectivity index (χ3n) is 4.25. The fraction of sp³-hybridized carbons (Fsp3) is 0.444. The van der Waals surface area contributed by atoms with Crippen LogP contribution >= 0.6 is 0 Å². The molecular formula is C18H22N2O2. The first-order chi connectivity index (χ1) is 10.7. The lowest BCUT2D eigenvalue weighted by molar-refractivity contribution is -0.125. The van der Waals surface area contributed by atoms with Crippen LogP contribution in [0.25, 0.3) is 0 Å². The number of allylic oxidation sites excluding steroid dienone is 2. The van der Waals surface area contributed by atoms with E-state index in [1.807, 2.05) is 24.3 Å². The topological polar surface area (TPSA) is 58.2 Å². The molecule has 2 amide bonds. The summed E-state index contributed by atoms with van der Waals surface area (Å²) in [6.07, 6.45) is 8.97. The van der Waals surface area contributed by atoms with Crippen LogP contribution in [0.5, 0.6) is 0 Å². The van der Waals surface area contributed by atoms with Crippen molar-refractivity contribution in [2.24, 2.45) is 11.8 Å². The summed E-state index contributed by atoms with van der Waals surface area (Å²) in [7, 11) is 0. The minimum absolute atomic E-state index is 0.0998. The maximum absolute atomic E-state index is 12.1. The van der Waals surface area contributed by atoms with Gasteiger partial charge in [-0.15, -0.1) is 0 Å². The highest BCUT2D eigenvalue weighted by molar-refractivity contribution is 5.94. The van der Waals surface area contributed by atoms with Crippen molar-refractivity contribution in [1.29, 1.82) is 0 Å². The Balaban J connectivity index is 1.52. The van der Waals surface area contributed by atoms with E-state index in [0.717, 1.165) is 43.4 Å². The zero-order valence-electron chi connectivity index (χ0n) is 12.7. The second-order valence-electron chi connectivity index (χ2n) is 6.16. The molecule has 2 aliphatic rings. The zero-order valence-corrected chi connectivity index (χ0v) is 12.7. The highest BCUT2D eigenvalue weighted by Crippen LogP contribution is 2.30. The van der Waals surface area contributed by atoms with Crippen molar-refractivity contribution in [2.75, 3.05) is 5.32 Å². The molecule has 4 nitrogen and oxygen atoms in total.